The van der Waals surface area contributed by atoms with E-state index in [-0.39, 0.29) is 5.75 Å². The summed E-state index contributed by atoms with van der Waals surface area (Å²) in [5.41, 5.74) is 0.627. The van der Waals surface area contributed by atoms with E-state index in [0.29, 0.717) is 16.9 Å². The molecule has 1 heterocycles. The Morgan fingerprint density at radius 3 is 2.68 bits per heavy atom. The number of hydrogen-bond donors (Lipinski definition) is 2. The molecule has 8 nitrogen and oxygen atoms in total. The second-order valence-electron chi connectivity index (χ2n) is 5.85. The zero-order chi connectivity index (χ0) is 17.5. The number of nitrogens with zero attached hydrogens (tertiary/aromatic N) is 4. The number of para-hydroxylation sites is 1. The fraction of sp³-hybridized carbons (Fsp3) is 0.438. The summed E-state index contributed by atoms with van der Waals surface area (Å²) in [6, 6.07) is 8.70. The molecule has 1 aromatic heterocycles. The molecular weight excluding hydrogens is 340 g/mol. The summed E-state index contributed by atoms with van der Waals surface area (Å²) in [7, 11) is 0. The summed E-state index contributed by atoms with van der Waals surface area (Å²) in [6.45, 7) is 0. The molecule has 1 aliphatic rings. The minimum Gasteiger partial charge on any atom is -0.308 e. The fourth-order valence-corrected chi connectivity index (χ4v) is 3.56. The lowest BCUT2D eigenvalue weighted by Gasteiger charge is -2.21. The first-order valence-corrected chi connectivity index (χ1v) is 9.27. The summed E-state index contributed by atoms with van der Waals surface area (Å²) >= 11 is 1.24. The van der Waals surface area contributed by atoms with Crippen LogP contribution in [-0.4, -0.2) is 37.9 Å². The molecule has 2 aromatic rings. The number of tetrazole rings is 1. The van der Waals surface area contributed by atoms with Crippen molar-refractivity contribution in [3.63, 3.8) is 0 Å². The Bertz CT molecular complexity index is 714. The van der Waals surface area contributed by atoms with Gasteiger partial charge in [-0.15, -0.1) is 5.10 Å². The van der Waals surface area contributed by atoms with E-state index in [1.54, 1.807) is 28.9 Å². The maximum absolute atomic E-state index is 12.0. The average Bonchev–Trinajstić information content (AvgIpc) is 3.10. The smallest absolute Gasteiger partial charge is 0.308 e. The third kappa shape index (κ3) is 5.02. The largest absolute Gasteiger partial charge is 0.325 e. The molecule has 3 rings (SSSR count). The van der Waals surface area contributed by atoms with Crippen molar-refractivity contribution in [2.75, 3.05) is 11.1 Å². The molecule has 0 atom stereocenters. The maximum Gasteiger partial charge on any atom is 0.325 e. The van der Waals surface area contributed by atoms with Crippen LogP contribution in [-0.2, 0) is 4.79 Å². The Balaban J connectivity index is 1.48. The lowest BCUT2D eigenvalue weighted by molar-refractivity contribution is -0.117. The Morgan fingerprint density at radius 1 is 1.16 bits per heavy atom. The highest BCUT2D eigenvalue weighted by molar-refractivity contribution is 7.99. The van der Waals surface area contributed by atoms with Gasteiger partial charge in [-0.05, 0) is 35.4 Å². The van der Waals surface area contributed by atoms with Crippen LogP contribution in [0, 0.1) is 0 Å². The molecule has 0 spiro atoms. The first kappa shape index (κ1) is 17.4. The normalized spacial score (nSPS) is 14.9. The van der Waals surface area contributed by atoms with E-state index < -0.39 is 11.9 Å². The Morgan fingerprint density at radius 2 is 1.92 bits per heavy atom. The third-order valence-corrected chi connectivity index (χ3v) is 4.93. The van der Waals surface area contributed by atoms with Crippen LogP contribution in [0.2, 0.25) is 0 Å². The van der Waals surface area contributed by atoms with E-state index in [9.17, 15) is 9.59 Å². The molecule has 0 bridgehead atoms. The number of rotatable bonds is 5. The van der Waals surface area contributed by atoms with Crippen LogP contribution in [0.3, 0.4) is 0 Å². The Kier molecular flexibility index (Phi) is 5.99. The van der Waals surface area contributed by atoms with Gasteiger partial charge in [0.05, 0.1) is 11.8 Å². The van der Waals surface area contributed by atoms with Crippen LogP contribution in [0.4, 0.5) is 10.5 Å². The minimum atomic E-state index is -0.552. The first-order valence-electron chi connectivity index (χ1n) is 8.29. The summed E-state index contributed by atoms with van der Waals surface area (Å²) in [5.74, 6) is -0.313. The molecule has 2 N–H and O–H groups in total. The van der Waals surface area contributed by atoms with Gasteiger partial charge in [0.25, 0.3) is 0 Å². The van der Waals surface area contributed by atoms with Crippen molar-refractivity contribution >= 4 is 29.4 Å². The summed E-state index contributed by atoms with van der Waals surface area (Å²) in [6.07, 6.45) is 5.72. The highest BCUT2D eigenvalue weighted by atomic mass is 32.2. The van der Waals surface area contributed by atoms with Crippen molar-refractivity contribution in [1.29, 1.82) is 0 Å². The Labute approximate surface area is 149 Å². The summed E-state index contributed by atoms with van der Waals surface area (Å²) < 4.78 is 1.81. The van der Waals surface area contributed by atoms with Gasteiger partial charge in [-0.3, -0.25) is 10.1 Å². The van der Waals surface area contributed by atoms with E-state index in [0.717, 1.165) is 12.8 Å². The third-order valence-electron chi connectivity index (χ3n) is 4.00. The van der Waals surface area contributed by atoms with Gasteiger partial charge in [-0.2, -0.15) is 0 Å². The fourth-order valence-electron chi connectivity index (χ4n) is 2.81. The number of hydrogen-bond acceptors (Lipinski definition) is 6. The van der Waals surface area contributed by atoms with E-state index in [1.165, 1.54) is 31.0 Å². The van der Waals surface area contributed by atoms with Gasteiger partial charge in [0.2, 0.25) is 11.1 Å². The number of imide groups is 1. The highest BCUT2D eigenvalue weighted by Crippen LogP contribution is 2.30. The number of amides is 3. The SMILES string of the molecule is O=C(CSc1nnnn1C1CCCCC1)NC(=O)Nc1ccccc1. The number of aromatic nitrogens is 4. The molecule has 9 heteroatoms. The highest BCUT2D eigenvalue weighted by Gasteiger charge is 2.21. The first-order chi connectivity index (χ1) is 12.2. The van der Waals surface area contributed by atoms with E-state index in [2.05, 4.69) is 26.2 Å². The van der Waals surface area contributed by atoms with Crippen molar-refractivity contribution in [3.8, 4) is 0 Å². The van der Waals surface area contributed by atoms with Crippen molar-refractivity contribution in [1.82, 2.24) is 25.5 Å². The van der Waals surface area contributed by atoms with Crippen LogP contribution in [0.1, 0.15) is 38.1 Å². The predicted octanol–water partition coefficient (Wildman–Crippen LogP) is 2.62. The number of anilines is 1. The molecule has 0 radical (unpaired) electrons. The number of nitrogens with one attached hydrogen (secondary N) is 2. The lowest BCUT2D eigenvalue weighted by Crippen LogP contribution is -2.35. The maximum atomic E-state index is 12.0. The number of urea groups is 1. The quantitative estimate of drug-likeness (QED) is 0.795. The molecule has 0 unspecified atom stereocenters. The van der Waals surface area contributed by atoms with Crippen LogP contribution < -0.4 is 10.6 Å². The summed E-state index contributed by atoms with van der Waals surface area (Å²) in [5, 5.41) is 17.3. The van der Waals surface area contributed by atoms with E-state index >= 15 is 0 Å². The zero-order valence-electron chi connectivity index (χ0n) is 13.7. The Hall–Kier alpha value is -2.42. The molecule has 132 valence electrons. The molecule has 1 saturated carbocycles. The van der Waals surface area contributed by atoms with Gasteiger partial charge in [0, 0.05) is 5.69 Å². The molecular formula is C16H20N6O2S. The molecule has 0 aliphatic heterocycles. The zero-order valence-corrected chi connectivity index (χ0v) is 14.5. The predicted molar refractivity (Wildman–Crippen MR) is 94.3 cm³/mol. The molecule has 0 saturated heterocycles. The molecule has 25 heavy (non-hydrogen) atoms. The second kappa shape index (κ2) is 8.61. The second-order valence-corrected chi connectivity index (χ2v) is 6.80. The van der Waals surface area contributed by atoms with Crippen molar-refractivity contribution in [2.24, 2.45) is 0 Å². The standard InChI is InChI=1S/C16H20N6O2S/c23-14(18-15(24)17-12-7-3-1-4-8-12)11-25-16-19-20-21-22(16)13-9-5-2-6-10-13/h1,3-4,7-8,13H,2,5-6,9-11H2,(H2,17,18,23,24). The van der Waals surface area contributed by atoms with Crippen LogP contribution in [0.15, 0.2) is 35.5 Å². The summed E-state index contributed by atoms with van der Waals surface area (Å²) in [4.78, 5) is 23.8. The number of carbonyl (C=O) groups excluding carboxylic acids is 2. The lowest BCUT2D eigenvalue weighted by atomic mass is 9.96. The van der Waals surface area contributed by atoms with Gasteiger partial charge in [-0.1, -0.05) is 49.2 Å². The van der Waals surface area contributed by atoms with Crippen LogP contribution in [0.25, 0.3) is 0 Å². The van der Waals surface area contributed by atoms with E-state index in [1.807, 2.05) is 6.07 Å². The van der Waals surface area contributed by atoms with Gasteiger partial charge in [0.15, 0.2) is 0 Å². The topological polar surface area (TPSA) is 102 Å². The molecule has 1 fully saturated rings. The van der Waals surface area contributed by atoms with Crippen LogP contribution in [0.5, 0.6) is 0 Å². The van der Waals surface area contributed by atoms with Crippen molar-refractivity contribution in [2.45, 2.75) is 43.3 Å². The van der Waals surface area contributed by atoms with Crippen molar-refractivity contribution in [3.05, 3.63) is 30.3 Å². The number of thioether (sulfide) groups is 1. The van der Waals surface area contributed by atoms with Gasteiger partial charge >= 0.3 is 6.03 Å². The monoisotopic (exact) mass is 360 g/mol. The average molecular weight is 360 g/mol. The number of benzene rings is 1. The minimum absolute atomic E-state index is 0.0787. The van der Waals surface area contributed by atoms with Crippen molar-refractivity contribution < 1.29 is 9.59 Å². The number of carbonyl (C=O) groups is 2. The van der Waals surface area contributed by atoms with Gasteiger partial charge in [0.1, 0.15) is 0 Å². The van der Waals surface area contributed by atoms with Gasteiger partial charge in [-0.25, -0.2) is 9.48 Å². The molecule has 3 amide bonds. The van der Waals surface area contributed by atoms with Gasteiger partial charge < -0.3 is 5.32 Å². The van der Waals surface area contributed by atoms with E-state index in [4.69, 9.17) is 0 Å². The van der Waals surface area contributed by atoms with Crippen LogP contribution >= 0.6 is 11.8 Å². The molecule has 1 aliphatic carbocycles. The molecule has 1 aromatic carbocycles.